The summed E-state index contributed by atoms with van der Waals surface area (Å²) < 4.78 is 46.2. The molecule has 2 N–H and O–H groups in total. The number of esters is 1. The normalized spacial score (nSPS) is 13.9. The van der Waals surface area contributed by atoms with E-state index in [1.165, 1.54) is 21.6 Å². The third kappa shape index (κ3) is 20.4. The first-order valence-corrected chi connectivity index (χ1v) is 18.0. The highest BCUT2D eigenvalue weighted by atomic mass is 33.1. The van der Waals surface area contributed by atoms with Gasteiger partial charge in [0, 0.05) is 17.5 Å². The van der Waals surface area contributed by atoms with Crippen LogP contribution in [0.2, 0.25) is 0 Å². The van der Waals surface area contributed by atoms with Crippen LogP contribution in [0.15, 0.2) is 30.3 Å². The second kappa shape index (κ2) is 17.4. The molecule has 0 aliphatic heterocycles. The largest absolute Gasteiger partial charge is 0.458 e. The van der Waals surface area contributed by atoms with Gasteiger partial charge in [0.2, 0.25) is 0 Å². The zero-order valence-corrected chi connectivity index (χ0v) is 29.1. The highest BCUT2D eigenvalue weighted by Crippen LogP contribution is 2.25. The number of benzene rings is 1. The van der Waals surface area contributed by atoms with Crippen molar-refractivity contribution in [2.45, 2.75) is 98.6 Å². The average molecular weight is 665 g/mol. The Morgan fingerprint density at radius 3 is 1.95 bits per heavy atom. The lowest BCUT2D eigenvalue weighted by molar-refractivity contribution is -0.156. The van der Waals surface area contributed by atoms with Crippen LogP contribution in [0.3, 0.4) is 0 Å². The van der Waals surface area contributed by atoms with E-state index in [9.17, 15) is 22.8 Å². The number of carbonyl (C=O) groups excluding carboxylic acids is 3. The molecule has 0 aliphatic carbocycles. The maximum Gasteiger partial charge on any atom is 0.408 e. The Labute approximate surface area is 264 Å². The van der Waals surface area contributed by atoms with Gasteiger partial charge < -0.3 is 24.8 Å². The Kier molecular flexibility index (Phi) is 15.7. The van der Waals surface area contributed by atoms with Crippen LogP contribution in [0.4, 0.5) is 9.59 Å². The Morgan fingerprint density at radius 1 is 0.814 bits per heavy atom. The summed E-state index contributed by atoms with van der Waals surface area (Å²) in [7, 11) is -1.27. The zero-order valence-electron chi connectivity index (χ0n) is 26.7. The molecular weight excluding hydrogens is 617 g/mol. The van der Waals surface area contributed by atoms with Gasteiger partial charge in [-0.2, -0.15) is 8.42 Å². The molecule has 1 aromatic rings. The van der Waals surface area contributed by atoms with E-state index in [-0.39, 0.29) is 42.3 Å². The molecule has 11 nitrogen and oxygen atoms in total. The Morgan fingerprint density at radius 2 is 1.40 bits per heavy atom. The number of ether oxygens (including phenoxy) is 3. The zero-order chi connectivity index (χ0) is 32.9. The summed E-state index contributed by atoms with van der Waals surface area (Å²) in [6, 6.07) is 7.57. The van der Waals surface area contributed by atoms with E-state index in [0.29, 0.717) is 0 Å². The summed E-state index contributed by atoms with van der Waals surface area (Å²) in [4.78, 5) is 37.7. The molecule has 0 unspecified atom stereocenters. The Balaban J connectivity index is 2.85. The molecule has 0 radical (unpaired) electrons. The second-order valence-corrected chi connectivity index (χ2v) is 17.4. The molecule has 0 aliphatic rings. The lowest BCUT2D eigenvalue weighted by Crippen LogP contribution is -2.47. The SMILES string of the molecule is CC(C)(C)COS(=O)(=O)CC[C@@H](CSSC[C@H](NC(=O)OC(C)(C)C)C(=O)OC(C)(C)C)NC(=O)OCc1ccccc1. The van der Waals surface area contributed by atoms with Gasteiger partial charge in [-0.1, -0.05) is 72.7 Å². The van der Waals surface area contributed by atoms with E-state index in [1.807, 2.05) is 51.1 Å². The average Bonchev–Trinajstić information content (AvgIpc) is 2.84. The molecule has 0 saturated carbocycles. The van der Waals surface area contributed by atoms with Gasteiger partial charge in [-0.15, -0.1) is 0 Å². The van der Waals surface area contributed by atoms with Gasteiger partial charge in [0.05, 0.1) is 12.4 Å². The minimum absolute atomic E-state index is 0.0356. The van der Waals surface area contributed by atoms with Crippen molar-refractivity contribution in [3.05, 3.63) is 35.9 Å². The summed E-state index contributed by atoms with van der Waals surface area (Å²) >= 11 is 0. The Bertz CT molecular complexity index is 1130. The smallest absolute Gasteiger partial charge is 0.408 e. The number of rotatable bonds is 15. The van der Waals surface area contributed by atoms with E-state index in [1.54, 1.807) is 41.5 Å². The quantitative estimate of drug-likeness (QED) is 0.0785. The molecule has 0 saturated heterocycles. The summed E-state index contributed by atoms with van der Waals surface area (Å²) in [6.07, 6.45) is -1.37. The summed E-state index contributed by atoms with van der Waals surface area (Å²) in [5.41, 5.74) is -1.05. The van der Waals surface area contributed by atoms with Gasteiger partial charge in [0.1, 0.15) is 23.9 Å². The number of hydrogen-bond donors (Lipinski definition) is 2. The molecule has 0 fully saturated rings. The van der Waals surface area contributed by atoms with Crippen LogP contribution in [0.5, 0.6) is 0 Å². The predicted octanol–water partition coefficient (Wildman–Crippen LogP) is 5.68. The van der Waals surface area contributed by atoms with Crippen molar-refractivity contribution < 1.29 is 41.2 Å². The maximum atomic E-state index is 12.8. The number of nitrogens with one attached hydrogen (secondary N) is 2. The fraction of sp³-hybridized carbons (Fsp3) is 0.690. The fourth-order valence-corrected chi connectivity index (χ4v) is 6.64. The third-order valence-electron chi connectivity index (χ3n) is 4.89. The molecule has 2 amide bonds. The first kappa shape index (κ1) is 38.9. The number of alkyl carbamates (subject to hydrolysis) is 2. The van der Waals surface area contributed by atoms with E-state index in [0.717, 1.165) is 5.56 Å². The molecule has 2 atom stereocenters. The topological polar surface area (TPSA) is 146 Å². The van der Waals surface area contributed by atoms with Gasteiger partial charge >= 0.3 is 18.2 Å². The van der Waals surface area contributed by atoms with E-state index in [2.05, 4.69) is 10.6 Å². The van der Waals surface area contributed by atoms with Crippen molar-refractivity contribution in [2.24, 2.45) is 5.41 Å². The van der Waals surface area contributed by atoms with Crippen molar-refractivity contribution in [1.82, 2.24) is 10.6 Å². The van der Waals surface area contributed by atoms with E-state index in [4.69, 9.17) is 18.4 Å². The number of carbonyl (C=O) groups is 3. The molecule has 246 valence electrons. The van der Waals surface area contributed by atoms with Crippen molar-refractivity contribution in [3.63, 3.8) is 0 Å². The number of amides is 2. The molecule has 43 heavy (non-hydrogen) atoms. The van der Waals surface area contributed by atoms with Crippen LogP contribution in [-0.2, 0) is 39.9 Å². The van der Waals surface area contributed by atoms with Gasteiger partial charge in [-0.25, -0.2) is 14.4 Å². The lowest BCUT2D eigenvalue weighted by atomic mass is 9.99. The highest BCUT2D eigenvalue weighted by Gasteiger charge is 2.29. The monoisotopic (exact) mass is 664 g/mol. The van der Waals surface area contributed by atoms with Crippen LogP contribution in [0, 0.1) is 5.41 Å². The van der Waals surface area contributed by atoms with Crippen LogP contribution < -0.4 is 10.6 Å². The highest BCUT2D eigenvalue weighted by molar-refractivity contribution is 8.76. The number of hydrogen-bond acceptors (Lipinski definition) is 11. The van der Waals surface area contributed by atoms with Gasteiger partial charge in [-0.05, 0) is 58.9 Å². The molecule has 0 aromatic heterocycles. The molecule has 0 bridgehead atoms. The maximum absolute atomic E-state index is 12.8. The minimum atomic E-state index is -3.83. The second-order valence-electron chi connectivity index (χ2n) is 13.1. The van der Waals surface area contributed by atoms with Crippen molar-refractivity contribution in [3.8, 4) is 0 Å². The Hall–Kier alpha value is -2.16. The first-order chi connectivity index (χ1) is 19.6. The van der Waals surface area contributed by atoms with Gasteiger partial charge in [-0.3, -0.25) is 4.18 Å². The van der Waals surface area contributed by atoms with Crippen LogP contribution >= 0.6 is 21.6 Å². The first-order valence-electron chi connectivity index (χ1n) is 14.0. The van der Waals surface area contributed by atoms with Crippen LogP contribution in [-0.4, -0.2) is 73.7 Å². The van der Waals surface area contributed by atoms with Crippen molar-refractivity contribution in [1.29, 1.82) is 0 Å². The standard InChI is InChI=1S/C29H48N2O9S3/c1-27(2,3)20-38-43(35,36)16-15-22(30-25(33)37-17-21-13-11-10-12-14-21)18-41-42-19-23(24(32)39-28(4,5)6)31-26(34)40-29(7,8)9/h10-14,22-23H,15-20H2,1-9H3,(H,30,33)(H,31,34)/t22-,23-/m0/s1. The molecule has 14 heteroatoms. The minimum Gasteiger partial charge on any atom is -0.458 e. The summed E-state index contributed by atoms with van der Waals surface area (Å²) in [5.74, 6) is -0.504. The van der Waals surface area contributed by atoms with Gasteiger partial charge in [0.25, 0.3) is 10.1 Å². The molecular formula is C29H48N2O9S3. The summed E-state index contributed by atoms with van der Waals surface area (Å²) in [5, 5.41) is 5.30. The predicted molar refractivity (Wildman–Crippen MR) is 171 cm³/mol. The molecule has 0 spiro atoms. The van der Waals surface area contributed by atoms with Gasteiger partial charge in [0.15, 0.2) is 0 Å². The van der Waals surface area contributed by atoms with Crippen LogP contribution in [0.1, 0.15) is 74.3 Å². The van der Waals surface area contributed by atoms with Crippen molar-refractivity contribution >= 4 is 49.9 Å². The van der Waals surface area contributed by atoms with E-state index >= 15 is 0 Å². The fourth-order valence-electron chi connectivity index (χ4n) is 2.98. The van der Waals surface area contributed by atoms with Crippen molar-refractivity contribution in [2.75, 3.05) is 23.9 Å². The van der Waals surface area contributed by atoms with E-state index < -0.39 is 51.6 Å². The molecule has 0 heterocycles. The van der Waals surface area contributed by atoms with Crippen LogP contribution in [0.25, 0.3) is 0 Å². The molecule has 1 rings (SSSR count). The lowest BCUT2D eigenvalue weighted by Gasteiger charge is -2.26. The summed E-state index contributed by atoms with van der Waals surface area (Å²) in [6.45, 7) is 16.0. The third-order valence-corrected chi connectivity index (χ3v) is 8.60. The molecule has 1 aromatic carbocycles.